The number of aliphatic hydroxyl groups excluding tert-OH is 1. The molecular formula is C13H16O5. The van der Waals surface area contributed by atoms with E-state index in [0.29, 0.717) is 11.3 Å². The molecule has 0 amide bonds. The Hall–Kier alpha value is -1.88. The van der Waals surface area contributed by atoms with E-state index in [9.17, 15) is 14.7 Å². The van der Waals surface area contributed by atoms with E-state index in [1.165, 1.54) is 6.92 Å². The lowest BCUT2D eigenvalue weighted by molar-refractivity contribution is -0.145. The van der Waals surface area contributed by atoms with E-state index in [4.69, 9.17) is 9.47 Å². The van der Waals surface area contributed by atoms with Crippen molar-refractivity contribution in [1.29, 1.82) is 0 Å². The van der Waals surface area contributed by atoms with Gasteiger partial charge in [-0.2, -0.15) is 0 Å². The van der Waals surface area contributed by atoms with Gasteiger partial charge >= 0.3 is 11.9 Å². The molecule has 0 heterocycles. The van der Waals surface area contributed by atoms with Crippen molar-refractivity contribution < 1.29 is 24.2 Å². The van der Waals surface area contributed by atoms with Gasteiger partial charge in [-0.05, 0) is 24.6 Å². The van der Waals surface area contributed by atoms with Gasteiger partial charge in [-0.25, -0.2) is 0 Å². The number of ether oxygens (including phenoxy) is 2. The van der Waals surface area contributed by atoms with Crippen molar-refractivity contribution in [3.05, 3.63) is 29.8 Å². The topological polar surface area (TPSA) is 72.8 Å². The molecule has 0 bridgehead atoms. The highest BCUT2D eigenvalue weighted by Gasteiger charge is 2.13. The van der Waals surface area contributed by atoms with Crippen LogP contribution in [0.15, 0.2) is 24.3 Å². The molecule has 0 aromatic heterocycles. The van der Waals surface area contributed by atoms with E-state index < -0.39 is 18.0 Å². The van der Waals surface area contributed by atoms with Gasteiger partial charge in [0.15, 0.2) is 0 Å². The van der Waals surface area contributed by atoms with Crippen molar-refractivity contribution in [1.82, 2.24) is 0 Å². The smallest absolute Gasteiger partial charge is 0.308 e. The molecule has 0 aliphatic rings. The fraction of sp³-hybridized carbons (Fsp3) is 0.385. The minimum absolute atomic E-state index is 0.0965. The van der Waals surface area contributed by atoms with Gasteiger partial charge in [0.1, 0.15) is 5.75 Å². The van der Waals surface area contributed by atoms with Crippen LogP contribution in [0.4, 0.5) is 0 Å². The highest BCUT2D eigenvalue weighted by molar-refractivity contribution is 5.70. The lowest BCUT2D eigenvalue weighted by atomic mass is 10.1. The number of rotatable bonds is 5. The summed E-state index contributed by atoms with van der Waals surface area (Å²) in [5.41, 5.74) is 0.568. The standard InChI is InChI=1S/C13H16O5/c1-3-17-13(16)8-12(15)10-4-6-11(7-5-10)18-9(2)14/h4-7,12,15H,3,8H2,1-2H3/t12-/m0/s1. The maximum atomic E-state index is 11.2. The van der Waals surface area contributed by atoms with Crippen molar-refractivity contribution in [2.45, 2.75) is 26.4 Å². The molecule has 1 atom stereocenters. The van der Waals surface area contributed by atoms with E-state index in [1.807, 2.05) is 0 Å². The van der Waals surface area contributed by atoms with Gasteiger partial charge in [0.05, 0.1) is 19.1 Å². The van der Waals surface area contributed by atoms with Gasteiger partial charge < -0.3 is 14.6 Å². The molecule has 0 saturated heterocycles. The van der Waals surface area contributed by atoms with Crippen LogP contribution in [0, 0.1) is 0 Å². The summed E-state index contributed by atoms with van der Waals surface area (Å²) in [5.74, 6) is -0.460. The Balaban J connectivity index is 2.61. The normalized spacial score (nSPS) is 11.7. The molecule has 0 spiro atoms. The largest absolute Gasteiger partial charge is 0.466 e. The summed E-state index contributed by atoms with van der Waals surface area (Å²) in [5, 5.41) is 9.78. The first-order valence-corrected chi connectivity index (χ1v) is 5.65. The van der Waals surface area contributed by atoms with Gasteiger partial charge in [0, 0.05) is 6.92 Å². The van der Waals surface area contributed by atoms with Crippen LogP contribution in [-0.4, -0.2) is 23.7 Å². The third-order valence-electron chi connectivity index (χ3n) is 2.19. The molecule has 0 fully saturated rings. The number of benzene rings is 1. The van der Waals surface area contributed by atoms with Crippen molar-refractivity contribution in [2.24, 2.45) is 0 Å². The fourth-order valence-electron chi connectivity index (χ4n) is 1.42. The van der Waals surface area contributed by atoms with Crippen molar-refractivity contribution >= 4 is 11.9 Å². The number of carbonyl (C=O) groups excluding carboxylic acids is 2. The third kappa shape index (κ3) is 4.55. The fourth-order valence-corrected chi connectivity index (χ4v) is 1.42. The Morgan fingerprint density at radius 1 is 1.28 bits per heavy atom. The van der Waals surface area contributed by atoms with Crippen molar-refractivity contribution in [3.8, 4) is 5.75 Å². The van der Waals surface area contributed by atoms with Gasteiger partial charge in [-0.3, -0.25) is 9.59 Å². The maximum absolute atomic E-state index is 11.2. The van der Waals surface area contributed by atoms with Crippen molar-refractivity contribution in [3.63, 3.8) is 0 Å². The Bertz CT molecular complexity index is 410. The number of esters is 2. The average Bonchev–Trinajstić information content (AvgIpc) is 2.29. The van der Waals surface area contributed by atoms with Crippen LogP contribution < -0.4 is 4.74 Å². The van der Waals surface area contributed by atoms with Crippen LogP contribution in [0.3, 0.4) is 0 Å². The first kappa shape index (κ1) is 14.2. The summed E-state index contributed by atoms with van der Waals surface area (Å²) in [4.78, 5) is 21.9. The first-order chi connectivity index (χ1) is 8.52. The summed E-state index contributed by atoms with van der Waals surface area (Å²) in [6, 6.07) is 6.32. The molecule has 5 heteroatoms. The van der Waals surface area contributed by atoms with Crippen LogP contribution in [-0.2, 0) is 14.3 Å². The highest BCUT2D eigenvalue weighted by atomic mass is 16.5. The number of hydrogen-bond acceptors (Lipinski definition) is 5. The van der Waals surface area contributed by atoms with Gasteiger partial charge in [0.2, 0.25) is 0 Å². The Morgan fingerprint density at radius 3 is 2.39 bits per heavy atom. The van der Waals surface area contributed by atoms with Gasteiger partial charge in [-0.15, -0.1) is 0 Å². The predicted molar refractivity (Wildman–Crippen MR) is 64.0 cm³/mol. The van der Waals surface area contributed by atoms with E-state index in [1.54, 1.807) is 31.2 Å². The van der Waals surface area contributed by atoms with Gasteiger partial charge in [-0.1, -0.05) is 12.1 Å². The second kappa shape index (κ2) is 6.76. The summed E-state index contributed by atoms with van der Waals surface area (Å²) >= 11 is 0. The zero-order chi connectivity index (χ0) is 13.5. The zero-order valence-corrected chi connectivity index (χ0v) is 10.4. The Labute approximate surface area is 105 Å². The summed E-state index contributed by atoms with van der Waals surface area (Å²) < 4.78 is 9.60. The summed E-state index contributed by atoms with van der Waals surface area (Å²) in [7, 11) is 0. The molecule has 0 saturated carbocycles. The monoisotopic (exact) mass is 252 g/mol. The lowest BCUT2D eigenvalue weighted by Gasteiger charge is -2.10. The van der Waals surface area contributed by atoms with E-state index >= 15 is 0 Å². The molecule has 1 aromatic rings. The number of aliphatic hydroxyl groups is 1. The predicted octanol–water partition coefficient (Wildman–Crippen LogP) is 1.60. The molecule has 1 rings (SSSR count). The van der Waals surface area contributed by atoms with Crippen LogP contribution in [0.2, 0.25) is 0 Å². The molecule has 0 aliphatic carbocycles. The SMILES string of the molecule is CCOC(=O)C[C@H](O)c1ccc(OC(C)=O)cc1. The maximum Gasteiger partial charge on any atom is 0.308 e. The summed E-state index contributed by atoms with van der Waals surface area (Å²) in [6.07, 6.45) is -1.02. The minimum Gasteiger partial charge on any atom is -0.466 e. The van der Waals surface area contributed by atoms with E-state index in [2.05, 4.69) is 0 Å². The molecule has 1 aromatic carbocycles. The van der Waals surface area contributed by atoms with Crippen LogP contribution in [0.1, 0.15) is 31.9 Å². The third-order valence-corrected chi connectivity index (χ3v) is 2.19. The van der Waals surface area contributed by atoms with Crippen LogP contribution in [0.25, 0.3) is 0 Å². The number of hydrogen-bond donors (Lipinski definition) is 1. The molecule has 98 valence electrons. The molecule has 5 nitrogen and oxygen atoms in total. The second-order valence-corrected chi connectivity index (χ2v) is 3.69. The van der Waals surface area contributed by atoms with Crippen LogP contribution >= 0.6 is 0 Å². The first-order valence-electron chi connectivity index (χ1n) is 5.65. The lowest BCUT2D eigenvalue weighted by Crippen LogP contribution is -2.10. The Kier molecular flexibility index (Phi) is 5.32. The second-order valence-electron chi connectivity index (χ2n) is 3.69. The quantitative estimate of drug-likeness (QED) is 0.636. The molecule has 0 aliphatic heterocycles. The van der Waals surface area contributed by atoms with Crippen molar-refractivity contribution in [2.75, 3.05) is 6.61 Å². The molecule has 18 heavy (non-hydrogen) atoms. The molecular weight excluding hydrogens is 236 g/mol. The Morgan fingerprint density at radius 2 is 1.89 bits per heavy atom. The minimum atomic E-state index is -0.921. The van der Waals surface area contributed by atoms with Crippen LogP contribution in [0.5, 0.6) is 5.75 Å². The van der Waals surface area contributed by atoms with E-state index in [-0.39, 0.29) is 13.0 Å². The number of carbonyl (C=O) groups is 2. The molecule has 1 N–H and O–H groups in total. The summed E-state index contributed by atoms with van der Waals surface area (Å²) in [6.45, 7) is 3.30. The zero-order valence-electron chi connectivity index (χ0n) is 10.4. The molecule has 0 unspecified atom stereocenters. The molecule has 0 radical (unpaired) electrons. The van der Waals surface area contributed by atoms with E-state index in [0.717, 1.165) is 0 Å². The average molecular weight is 252 g/mol. The van der Waals surface area contributed by atoms with Gasteiger partial charge in [0.25, 0.3) is 0 Å². The highest BCUT2D eigenvalue weighted by Crippen LogP contribution is 2.20.